The molecule has 1 aliphatic carbocycles. The highest BCUT2D eigenvalue weighted by atomic mass is 32.2. The maximum absolute atomic E-state index is 2.52. The Bertz CT molecular complexity index is 257. The smallest absolute Gasteiger partial charge is 0.0667 e. The molecular weight excluding hydrogens is 202 g/mol. The van der Waals surface area contributed by atoms with Gasteiger partial charge in [0, 0.05) is 19.3 Å². The SMILES string of the molecule is CC(C)C1CCC2SC(N(C)C)=CC2C1. The number of fused-ring (bicyclic) bond motifs is 1. The van der Waals surface area contributed by atoms with E-state index in [0.717, 1.165) is 23.0 Å². The van der Waals surface area contributed by atoms with E-state index in [4.69, 9.17) is 0 Å². The number of hydrogen-bond acceptors (Lipinski definition) is 2. The zero-order valence-corrected chi connectivity index (χ0v) is 11.2. The first-order chi connectivity index (χ1) is 7.08. The van der Waals surface area contributed by atoms with Gasteiger partial charge in [-0.2, -0.15) is 0 Å². The Balaban J connectivity index is 2.01. The third-order valence-corrected chi connectivity index (χ3v) is 5.52. The minimum atomic E-state index is 0.855. The fourth-order valence-electron chi connectivity index (χ4n) is 2.77. The third-order valence-electron chi connectivity index (χ3n) is 3.89. The standard InChI is InChI=1S/C13H23NS/c1-9(2)10-5-6-12-11(7-10)8-13(15-12)14(3)4/h8-12H,5-7H2,1-4H3. The van der Waals surface area contributed by atoms with Crippen LogP contribution in [0, 0.1) is 17.8 Å². The van der Waals surface area contributed by atoms with Crippen molar-refractivity contribution in [2.75, 3.05) is 14.1 Å². The summed E-state index contributed by atoms with van der Waals surface area (Å²) in [6, 6.07) is 0. The van der Waals surface area contributed by atoms with Crippen LogP contribution in [0.2, 0.25) is 0 Å². The van der Waals surface area contributed by atoms with Crippen LogP contribution in [-0.4, -0.2) is 24.2 Å². The number of nitrogens with zero attached hydrogens (tertiary/aromatic N) is 1. The van der Waals surface area contributed by atoms with Gasteiger partial charge in [-0.05, 0) is 37.0 Å². The van der Waals surface area contributed by atoms with Crippen LogP contribution in [0.25, 0.3) is 0 Å². The highest BCUT2D eigenvalue weighted by molar-refractivity contribution is 8.03. The van der Waals surface area contributed by atoms with Crippen molar-refractivity contribution in [2.24, 2.45) is 17.8 Å². The van der Waals surface area contributed by atoms with Gasteiger partial charge in [-0.1, -0.05) is 19.9 Å². The molecule has 0 bridgehead atoms. The molecule has 0 amide bonds. The number of thioether (sulfide) groups is 1. The molecule has 0 aromatic carbocycles. The molecule has 0 saturated heterocycles. The molecule has 2 rings (SSSR count). The second kappa shape index (κ2) is 4.40. The molecule has 0 aromatic heterocycles. The monoisotopic (exact) mass is 225 g/mol. The molecule has 1 nitrogen and oxygen atoms in total. The van der Waals surface area contributed by atoms with Gasteiger partial charge < -0.3 is 4.90 Å². The molecule has 1 heterocycles. The van der Waals surface area contributed by atoms with Gasteiger partial charge in [0.2, 0.25) is 0 Å². The van der Waals surface area contributed by atoms with Crippen LogP contribution in [0.3, 0.4) is 0 Å². The molecule has 0 aromatic rings. The molecule has 86 valence electrons. The van der Waals surface area contributed by atoms with E-state index in [9.17, 15) is 0 Å². The third kappa shape index (κ3) is 2.35. The molecular formula is C13H23NS. The first-order valence-corrected chi connectivity index (χ1v) is 7.01. The summed E-state index contributed by atoms with van der Waals surface area (Å²) in [6.07, 6.45) is 6.81. The Morgan fingerprint density at radius 2 is 2.07 bits per heavy atom. The van der Waals surface area contributed by atoms with Crippen molar-refractivity contribution >= 4 is 11.8 Å². The van der Waals surface area contributed by atoms with Crippen LogP contribution in [-0.2, 0) is 0 Å². The van der Waals surface area contributed by atoms with Gasteiger partial charge in [-0.25, -0.2) is 0 Å². The van der Waals surface area contributed by atoms with Crippen molar-refractivity contribution in [1.82, 2.24) is 4.90 Å². The van der Waals surface area contributed by atoms with Gasteiger partial charge in [0.05, 0.1) is 5.03 Å². The summed E-state index contributed by atoms with van der Waals surface area (Å²) in [5, 5.41) is 2.38. The van der Waals surface area contributed by atoms with Crippen molar-refractivity contribution < 1.29 is 0 Å². The van der Waals surface area contributed by atoms with Gasteiger partial charge in [0.1, 0.15) is 0 Å². The average Bonchev–Trinajstić information content (AvgIpc) is 2.59. The Labute approximate surface area is 98.3 Å². The average molecular weight is 225 g/mol. The van der Waals surface area contributed by atoms with Crippen molar-refractivity contribution in [1.29, 1.82) is 0 Å². The topological polar surface area (TPSA) is 3.24 Å². The second-order valence-electron chi connectivity index (χ2n) is 5.54. The summed E-state index contributed by atoms with van der Waals surface area (Å²) in [6.45, 7) is 4.76. The first kappa shape index (κ1) is 11.4. The van der Waals surface area contributed by atoms with Crippen molar-refractivity contribution in [3.63, 3.8) is 0 Å². The fourth-order valence-corrected chi connectivity index (χ4v) is 4.16. The Morgan fingerprint density at radius 1 is 1.33 bits per heavy atom. The zero-order chi connectivity index (χ0) is 11.0. The normalized spacial score (nSPS) is 35.3. The van der Waals surface area contributed by atoms with E-state index in [1.54, 1.807) is 0 Å². The molecule has 1 saturated carbocycles. The lowest BCUT2D eigenvalue weighted by Crippen LogP contribution is -2.25. The van der Waals surface area contributed by atoms with Crippen LogP contribution in [0.15, 0.2) is 11.1 Å². The summed E-state index contributed by atoms with van der Waals surface area (Å²) in [5.41, 5.74) is 0. The summed E-state index contributed by atoms with van der Waals surface area (Å²) < 4.78 is 0. The van der Waals surface area contributed by atoms with Gasteiger partial charge in [-0.15, -0.1) is 11.8 Å². The lowest BCUT2D eigenvalue weighted by atomic mass is 9.76. The first-order valence-electron chi connectivity index (χ1n) is 6.13. The fraction of sp³-hybridized carbons (Fsp3) is 0.846. The molecule has 2 aliphatic rings. The van der Waals surface area contributed by atoms with Crippen LogP contribution >= 0.6 is 11.8 Å². The lowest BCUT2D eigenvalue weighted by Gasteiger charge is -2.33. The molecule has 15 heavy (non-hydrogen) atoms. The maximum Gasteiger partial charge on any atom is 0.0667 e. The Kier molecular flexibility index (Phi) is 3.34. The van der Waals surface area contributed by atoms with Crippen LogP contribution < -0.4 is 0 Å². The maximum atomic E-state index is 2.52. The van der Waals surface area contributed by atoms with Crippen LogP contribution in [0.5, 0.6) is 0 Å². The molecule has 2 heteroatoms. The second-order valence-corrected chi connectivity index (χ2v) is 6.80. The lowest BCUT2D eigenvalue weighted by molar-refractivity contribution is 0.249. The number of hydrogen-bond donors (Lipinski definition) is 0. The van der Waals surface area contributed by atoms with E-state index < -0.39 is 0 Å². The molecule has 1 aliphatic heterocycles. The van der Waals surface area contributed by atoms with E-state index in [1.165, 1.54) is 24.3 Å². The molecule has 3 atom stereocenters. The minimum absolute atomic E-state index is 0.855. The number of rotatable bonds is 2. The van der Waals surface area contributed by atoms with Crippen molar-refractivity contribution in [2.45, 2.75) is 38.4 Å². The van der Waals surface area contributed by atoms with Gasteiger partial charge in [0.15, 0.2) is 0 Å². The molecule has 3 unspecified atom stereocenters. The van der Waals surface area contributed by atoms with Gasteiger partial charge >= 0.3 is 0 Å². The summed E-state index contributed by atoms with van der Waals surface area (Å²) in [5.74, 6) is 2.69. The van der Waals surface area contributed by atoms with Crippen molar-refractivity contribution in [3.8, 4) is 0 Å². The van der Waals surface area contributed by atoms with Crippen LogP contribution in [0.1, 0.15) is 33.1 Å². The number of allylic oxidation sites excluding steroid dienone is 1. The van der Waals surface area contributed by atoms with E-state index in [1.807, 2.05) is 0 Å². The van der Waals surface area contributed by atoms with E-state index >= 15 is 0 Å². The molecule has 0 spiro atoms. The van der Waals surface area contributed by atoms with E-state index in [0.29, 0.717) is 0 Å². The highest BCUT2D eigenvalue weighted by Crippen LogP contribution is 2.47. The van der Waals surface area contributed by atoms with Gasteiger partial charge in [-0.3, -0.25) is 0 Å². The van der Waals surface area contributed by atoms with Crippen molar-refractivity contribution in [3.05, 3.63) is 11.1 Å². The molecule has 0 N–H and O–H groups in total. The predicted octanol–water partition coefficient (Wildman–Crippen LogP) is 3.58. The minimum Gasteiger partial charge on any atom is -0.373 e. The summed E-state index contributed by atoms with van der Waals surface area (Å²) in [7, 11) is 4.33. The molecule has 1 fully saturated rings. The summed E-state index contributed by atoms with van der Waals surface area (Å²) in [4.78, 5) is 2.27. The van der Waals surface area contributed by atoms with Gasteiger partial charge in [0.25, 0.3) is 0 Å². The van der Waals surface area contributed by atoms with E-state index in [-0.39, 0.29) is 0 Å². The predicted molar refractivity (Wildman–Crippen MR) is 68.8 cm³/mol. The highest BCUT2D eigenvalue weighted by Gasteiger charge is 2.35. The Hall–Kier alpha value is -0.110. The zero-order valence-electron chi connectivity index (χ0n) is 10.4. The summed E-state index contributed by atoms with van der Waals surface area (Å²) >= 11 is 2.10. The molecule has 0 radical (unpaired) electrons. The van der Waals surface area contributed by atoms with Crippen LogP contribution in [0.4, 0.5) is 0 Å². The largest absolute Gasteiger partial charge is 0.373 e. The van der Waals surface area contributed by atoms with E-state index in [2.05, 4.69) is 50.7 Å². The quantitative estimate of drug-likeness (QED) is 0.707. The Morgan fingerprint density at radius 3 is 2.67 bits per heavy atom.